The Morgan fingerprint density at radius 2 is 2.17 bits per heavy atom. The summed E-state index contributed by atoms with van der Waals surface area (Å²) in [6.45, 7) is 1.92. The molecule has 0 atom stereocenters. The zero-order chi connectivity index (χ0) is 13.1. The van der Waals surface area contributed by atoms with Crippen molar-refractivity contribution in [2.75, 3.05) is 11.9 Å². The van der Waals surface area contributed by atoms with Gasteiger partial charge in [-0.3, -0.25) is 4.79 Å². The van der Waals surface area contributed by atoms with Crippen LogP contribution < -0.4 is 4.90 Å². The summed E-state index contributed by atoms with van der Waals surface area (Å²) in [5.74, 6) is -0.763. The fourth-order valence-corrected chi connectivity index (χ4v) is 1.92. The van der Waals surface area contributed by atoms with Gasteiger partial charge in [-0.1, -0.05) is 6.07 Å². The van der Waals surface area contributed by atoms with E-state index in [1.54, 1.807) is 24.7 Å². The second-order valence-corrected chi connectivity index (χ2v) is 4.18. The number of benzene rings is 1. The minimum Gasteiger partial charge on any atom is -0.472 e. The van der Waals surface area contributed by atoms with Gasteiger partial charge in [-0.2, -0.15) is 0 Å². The highest BCUT2D eigenvalue weighted by Gasteiger charge is 2.16. The Balaban J connectivity index is 2.32. The Kier molecular flexibility index (Phi) is 3.46. The van der Waals surface area contributed by atoms with Crippen LogP contribution in [-0.2, 0) is 6.54 Å². The zero-order valence-corrected chi connectivity index (χ0v) is 10.3. The fraction of sp³-hybridized carbons (Fsp3) is 0.214. The molecular weight excluding hydrogens is 233 g/mol. The van der Waals surface area contributed by atoms with Gasteiger partial charge in [-0.25, -0.2) is 4.39 Å². The first-order valence-corrected chi connectivity index (χ1v) is 5.61. The van der Waals surface area contributed by atoms with Crippen molar-refractivity contribution in [2.24, 2.45) is 0 Å². The molecule has 0 aliphatic rings. The number of furan rings is 1. The summed E-state index contributed by atoms with van der Waals surface area (Å²) < 4.78 is 18.7. The number of ketones is 1. The van der Waals surface area contributed by atoms with E-state index in [0.29, 0.717) is 12.2 Å². The highest BCUT2D eigenvalue weighted by molar-refractivity contribution is 5.99. The van der Waals surface area contributed by atoms with E-state index < -0.39 is 5.82 Å². The van der Waals surface area contributed by atoms with E-state index in [4.69, 9.17) is 4.42 Å². The lowest BCUT2D eigenvalue weighted by atomic mass is 10.1. The van der Waals surface area contributed by atoms with Gasteiger partial charge in [0.25, 0.3) is 0 Å². The van der Waals surface area contributed by atoms with Crippen LogP contribution in [0.2, 0.25) is 0 Å². The molecule has 0 aliphatic carbocycles. The first kappa shape index (κ1) is 12.4. The molecule has 0 bridgehead atoms. The molecule has 0 N–H and O–H groups in total. The molecule has 1 heterocycles. The molecule has 0 aliphatic heterocycles. The summed E-state index contributed by atoms with van der Waals surface area (Å²) in [7, 11) is 1.81. The van der Waals surface area contributed by atoms with E-state index in [-0.39, 0.29) is 11.3 Å². The molecule has 0 radical (unpaired) electrons. The Morgan fingerprint density at radius 3 is 2.78 bits per heavy atom. The van der Waals surface area contributed by atoms with Gasteiger partial charge in [0.1, 0.15) is 5.82 Å². The first-order chi connectivity index (χ1) is 8.59. The summed E-state index contributed by atoms with van der Waals surface area (Å²) in [4.78, 5) is 13.3. The van der Waals surface area contributed by atoms with Crippen LogP contribution >= 0.6 is 0 Å². The number of anilines is 1. The number of halogens is 1. The van der Waals surface area contributed by atoms with Gasteiger partial charge in [0.2, 0.25) is 0 Å². The van der Waals surface area contributed by atoms with Crippen molar-refractivity contribution < 1.29 is 13.6 Å². The second-order valence-electron chi connectivity index (χ2n) is 4.18. The number of nitrogens with zero attached hydrogens (tertiary/aromatic N) is 1. The van der Waals surface area contributed by atoms with Crippen molar-refractivity contribution in [1.82, 2.24) is 0 Å². The maximum Gasteiger partial charge on any atom is 0.164 e. The van der Waals surface area contributed by atoms with E-state index >= 15 is 0 Å². The van der Waals surface area contributed by atoms with Crippen molar-refractivity contribution in [1.29, 1.82) is 0 Å². The minimum atomic E-state index is -0.487. The molecule has 0 spiro atoms. The van der Waals surface area contributed by atoms with Crippen molar-refractivity contribution in [2.45, 2.75) is 13.5 Å². The second kappa shape index (κ2) is 5.04. The SMILES string of the molecule is CC(=O)c1c(F)cccc1N(C)Cc1ccoc1. The molecule has 0 unspecified atom stereocenters. The number of rotatable bonds is 4. The normalized spacial score (nSPS) is 10.4. The lowest BCUT2D eigenvalue weighted by molar-refractivity contribution is 0.101. The van der Waals surface area contributed by atoms with Gasteiger partial charge in [-0.15, -0.1) is 0 Å². The Morgan fingerprint density at radius 1 is 1.39 bits per heavy atom. The highest BCUT2D eigenvalue weighted by atomic mass is 19.1. The molecule has 0 saturated heterocycles. The molecule has 18 heavy (non-hydrogen) atoms. The molecule has 3 nitrogen and oxygen atoms in total. The zero-order valence-electron chi connectivity index (χ0n) is 10.3. The highest BCUT2D eigenvalue weighted by Crippen LogP contribution is 2.24. The van der Waals surface area contributed by atoms with Crippen LogP contribution in [0.3, 0.4) is 0 Å². The molecular formula is C14H14FNO2. The quantitative estimate of drug-likeness (QED) is 0.777. The molecule has 0 amide bonds. The van der Waals surface area contributed by atoms with Gasteiger partial charge in [0, 0.05) is 19.2 Å². The molecule has 2 rings (SSSR count). The minimum absolute atomic E-state index is 0.128. The van der Waals surface area contributed by atoms with Crippen molar-refractivity contribution in [3.8, 4) is 0 Å². The fourth-order valence-electron chi connectivity index (χ4n) is 1.92. The summed E-state index contributed by atoms with van der Waals surface area (Å²) in [6, 6.07) is 6.47. The van der Waals surface area contributed by atoms with Gasteiger partial charge < -0.3 is 9.32 Å². The monoisotopic (exact) mass is 247 g/mol. The van der Waals surface area contributed by atoms with Crippen molar-refractivity contribution in [3.05, 3.63) is 53.7 Å². The molecule has 0 fully saturated rings. The lowest BCUT2D eigenvalue weighted by Crippen LogP contribution is -2.19. The number of carbonyl (C=O) groups is 1. The summed E-state index contributed by atoms with van der Waals surface area (Å²) in [5, 5.41) is 0. The topological polar surface area (TPSA) is 33.5 Å². The molecule has 4 heteroatoms. The Hall–Kier alpha value is -2.10. The average Bonchev–Trinajstić information content (AvgIpc) is 2.80. The van der Waals surface area contributed by atoms with E-state index in [0.717, 1.165) is 5.56 Å². The predicted molar refractivity (Wildman–Crippen MR) is 67.2 cm³/mol. The summed E-state index contributed by atoms with van der Waals surface area (Å²) >= 11 is 0. The number of Topliss-reactive ketones (excluding diaryl/α,β-unsaturated/α-hetero) is 1. The number of hydrogen-bond acceptors (Lipinski definition) is 3. The van der Waals surface area contributed by atoms with Crippen molar-refractivity contribution >= 4 is 11.5 Å². The van der Waals surface area contributed by atoms with Gasteiger partial charge >= 0.3 is 0 Å². The summed E-state index contributed by atoms with van der Waals surface area (Å²) in [6.07, 6.45) is 3.21. The van der Waals surface area contributed by atoms with E-state index in [2.05, 4.69) is 0 Å². The van der Waals surface area contributed by atoms with Crippen LogP contribution in [0.4, 0.5) is 10.1 Å². The maximum absolute atomic E-state index is 13.7. The Labute approximate surface area is 105 Å². The molecule has 2 aromatic rings. The van der Waals surface area contributed by atoms with Crippen LogP contribution in [0.5, 0.6) is 0 Å². The Bertz CT molecular complexity index is 549. The molecule has 1 aromatic heterocycles. The van der Waals surface area contributed by atoms with Crippen LogP contribution in [-0.4, -0.2) is 12.8 Å². The lowest BCUT2D eigenvalue weighted by Gasteiger charge is -2.21. The van der Waals surface area contributed by atoms with Crippen LogP contribution in [0.25, 0.3) is 0 Å². The largest absolute Gasteiger partial charge is 0.472 e. The van der Waals surface area contributed by atoms with Crippen LogP contribution in [0, 0.1) is 5.82 Å². The predicted octanol–water partition coefficient (Wildman–Crippen LogP) is 3.26. The number of hydrogen-bond donors (Lipinski definition) is 0. The van der Waals surface area contributed by atoms with Crippen molar-refractivity contribution in [3.63, 3.8) is 0 Å². The molecule has 1 aromatic carbocycles. The first-order valence-electron chi connectivity index (χ1n) is 5.61. The average molecular weight is 247 g/mol. The van der Waals surface area contributed by atoms with Crippen LogP contribution in [0.15, 0.2) is 41.2 Å². The molecule has 0 saturated carbocycles. The number of carbonyl (C=O) groups excluding carboxylic acids is 1. The third-order valence-corrected chi connectivity index (χ3v) is 2.75. The summed E-state index contributed by atoms with van der Waals surface area (Å²) in [5.41, 5.74) is 1.68. The maximum atomic E-state index is 13.7. The third kappa shape index (κ3) is 2.42. The van der Waals surface area contributed by atoms with E-state index in [1.165, 1.54) is 13.0 Å². The van der Waals surface area contributed by atoms with E-state index in [9.17, 15) is 9.18 Å². The van der Waals surface area contributed by atoms with Crippen LogP contribution in [0.1, 0.15) is 22.8 Å². The van der Waals surface area contributed by atoms with Gasteiger partial charge in [0.05, 0.1) is 23.8 Å². The van der Waals surface area contributed by atoms with E-state index in [1.807, 2.05) is 18.0 Å². The standard InChI is InChI=1S/C14H14FNO2/c1-10(17)14-12(15)4-3-5-13(14)16(2)8-11-6-7-18-9-11/h3-7,9H,8H2,1-2H3. The molecule has 94 valence electrons. The van der Waals surface area contributed by atoms with Gasteiger partial charge in [0.15, 0.2) is 5.78 Å². The smallest absolute Gasteiger partial charge is 0.164 e. The third-order valence-electron chi connectivity index (χ3n) is 2.75. The van der Waals surface area contributed by atoms with Gasteiger partial charge in [-0.05, 0) is 25.1 Å².